The van der Waals surface area contributed by atoms with Crippen LogP contribution in [0, 0.1) is 0 Å². The number of esters is 1. The van der Waals surface area contributed by atoms with Gasteiger partial charge < -0.3 is 57.4 Å². The molecular formula is C33H40N2O17. The average molecular weight is 737 g/mol. The second kappa shape index (κ2) is 22.6. The molecule has 2 amide bonds. The largest absolute Gasteiger partial charge is 0.509 e. The summed E-state index contributed by atoms with van der Waals surface area (Å²) in [6.45, 7) is 12.0. The van der Waals surface area contributed by atoms with Crippen molar-refractivity contribution < 1.29 is 81.2 Å². The third-order valence-electron chi connectivity index (χ3n) is 6.26. The number of carbonyl (C=O) groups is 6. The lowest BCUT2D eigenvalue weighted by Gasteiger charge is -2.42. The summed E-state index contributed by atoms with van der Waals surface area (Å²) in [5.74, 6) is -1.21. The third-order valence-corrected chi connectivity index (χ3v) is 6.26. The fraction of sp³-hybridized carbons (Fsp3) is 0.394. The molecule has 284 valence electrons. The average Bonchev–Trinajstić information content (AvgIpc) is 3.12. The normalized spacial score (nSPS) is 18.8. The van der Waals surface area contributed by atoms with E-state index in [1.54, 1.807) is 0 Å². The van der Waals surface area contributed by atoms with E-state index in [1.807, 2.05) is 0 Å². The zero-order chi connectivity index (χ0) is 38.5. The minimum Gasteiger partial charge on any atom is -0.459 e. The number of benzene rings is 1. The summed E-state index contributed by atoms with van der Waals surface area (Å²) < 4.78 is 51.8. The number of amides is 2. The lowest BCUT2D eigenvalue weighted by atomic mass is 9.98. The number of nitrogens with zero attached hydrogens (tertiary/aromatic N) is 1. The highest BCUT2D eigenvalue weighted by Gasteiger charge is 2.57. The molecule has 0 saturated carbocycles. The Morgan fingerprint density at radius 1 is 0.731 bits per heavy atom. The molecule has 5 atom stereocenters. The van der Waals surface area contributed by atoms with Crippen molar-refractivity contribution in [3.05, 3.63) is 80.4 Å². The van der Waals surface area contributed by atoms with Gasteiger partial charge in [0.1, 0.15) is 33.0 Å². The maximum absolute atomic E-state index is 13.2. The molecular weight excluding hydrogens is 696 g/mol. The van der Waals surface area contributed by atoms with Crippen LogP contribution in [0.15, 0.2) is 74.9 Å². The van der Waals surface area contributed by atoms with Gasteiger partial charge in [0.25, 0.3) is 0 Å². The molecule has 0 spiro atoms. The van der Waals surface area contributed by atoms with Crippen molar-refractivity contribution in [1.82, 2.24) is 4.90 Å². The summed E-state index contributed by atoms with van der Waals surface area (Å²) in [5, 5.41) is 11.4. The molecule has 0 radical (unpaired) electrons. The molecule has 0 bridgehead atoms. The Hall–Kier alpha value is -6.08. The molecule has 1 aliphatic heterocycles. The van der Waals surface area contributed by atoms with E-state index in [9.17, 15) is 28.8 Å². The first-order valence-electron chi connectivity index (χ1n) is 15.3. The van der Waals surface area contributed by atoms with Gasteiger partial charge in [-0.3, -0.25) is 5.32 Å². The number of hydrogen-bond acceptors (Lipinski definition) is 17. The van der Waals surface area contributed by atoms with E-state index in [2.05, 4.69) is 31.6 Å². The molecule has 0 unspecified atom stereocenters. The van der Waals surface area contributed by atoms with Crippen LogP contribution in [0.5, 0.6) is 0 Å². The minimum atomic E-state index is -2.08. The van der Waals surface area contributed by atoms with Crippen molar-refractivity contribution in [3.63, 3.8) is 0 Å². The van der Waals surface area contributed by atoms with Gasteiger partial charge in [0, 0.05) is 19.3 Å². The predicted octanol–water partition coefficient (Wildman–Crippen LogP) is 3.37. The van der Waals surface area contributed by atoms with Gasteiger partial charge >= 0.3 is 36.6 Å². The molecule has 2 N–H and O–H groups in total. The van der Waals surface area contributed by atoms with Crippen molar-refractivity contribution in [2.75, 3.05) is 51.9 Å². The number of rotatable bonds is 18. The fourth-order valence-corrected chi connectivity index (χ4v) is 3.96. The van der Waals surface area contributed by atoms with Crippen molar-refractivity contribution in [3.8, 4) is 0 Å². The fourth-order valence-electron chi connectivity index (χ4n) is 3.96. The van der Waals surface area contributed by atoms with E-state index in [0.717, 1.165) is 0 Å². The molecule has 0 aromatic heterocycles. The molecule has 1 aromatic rings. The summed E-state index contributed by atoms with van der Waals surface area (Å²) in [6, 6.07) is 5.90. The number of hydrogen-bond donors (Lipinski definition) is 2. The summed E-state index contributed by atoms with van der Waals surface area (Å²) >= 11 is 0. The van der Waals surface area contributed by atoms with E-state index in [1.165, 1.54) is 60.5 Å². The first kappa shape index (κ1) is 42.1. The number of aliphatic hydroxyl groups is 1. The van der Waals surface area contributed by atoms with Crippen LogP contribution in [0.2, 0.25) is 0 Å². The smallest absolute Gasteiger partial charge is 0.459 e. The lowest BCUT2D eigenvalue weighted by Crippen LogP contribution is -2.64. The van der Waals surface area contributed by atoms with Gasteiger partial charge in [-0.15, -0.1) is 0 Å². The van der Waals surface area contributed by atoms with Gasteiger partial charge in [-0.1, -0.05) is 62.8 Å². The van der Waals surface area contributed by atoms with Crippen LogP contribution in [0.25, 0.3) is 0 Å². The van der Waals surface area contributed by atoms with Gasteiger partial charge in [0.05, 0.1) is 6.61 Å². The van der Waals surface area contributed by atoms with Crippen LogP contribution >= 0.6 is 0 Å². The van der Waals surface area contributed by atoms with Crippen LogP contribution in [-0.4, -0.2) is 124 Å². The number of ether oxygens (including phenoxy) is 10. The van der Waals surface area contributed by atoms with Crippen molar-refractivity contribution in [2.45, 2.75) is 37.3 Å². The second-order valence-corrected chi connectivity index (χ2v) is 10.1. The quantitative estimate of drug-likeness (QED) is 0.125. The molecule has 1 aromatic carbocycles. The molecule has 1 aliphatic rings. The topological polar surface area (TPSA) is 230 Å². The Morgan fingerprint density at radius 3 is 1.75 bits per heavy atom. The SMILES string of the molecule is C=CCOC(=O)O[C@@H]1[C@@H](OC(=O)OCC=C)[C@H](OC(=O)Nc2ccc(COC(=O)N(C)CCO)cc2)O[C@H](C(=O)OCC=C)[C@H]1OC(=O)OCC=C. The Balaban J connectivity index is 2.43. The summed E-state index contributed by atoms with van der Waals surface area (Å²) in [7, 11) is 1.45. The lowest BCUT2D eigenvalue weighted by molar-refractivity contribution is -0.282. The Morgan fingerprint density at radius 2 is 1.23 bits per heavy atom. The van der Waals surface area contributed by atoms with Crippen LogP contribution in [-0.2, 0) is 58.8 Å². The maximum atomic E-state index is 13.2. The van der Waals surface area contributed by atoms with Gasteiger partial charge in [-0.2, -0.15) is 0 Å². The highest BCUT2D eigenvalue weighted by molar-refractivity contribution is 5.85. The first-order chi connectivity index (χ1) is 25.0. The summed E-state index contributed by atoms with van der Waals surface area (Å²) in [6.07, 6.45) is -11.4. The van der Waals surface area contributed by atoms with E-state index in [4.69, 9.17) is 52.5 Å². The van der Waals surface area contributed by atoms with Gasteiger partial charge in [0.15, 0.2) is 18.3 Å². The molecule has 19 heteroatoms. The minimum absolute atomic E-state index is 0.0788. The van der Waals surface area contributed by atoms with E-state index >= 15 is 0 Å². The van der Waals surface area contributed by atoms with Gasteiger partial charge in [-0.05, 0) is 17.7 Å². The van der Waals surface area contributed by atoms with Crippen LogP contribution in [0.3, 0.4) is 0 Å². The molecule has 1 saturated heterocycles. The molecule has 2 rings (SSSR count). The van der Waals surface area contributed by atoms with Crippen LogP contribution < -0.4 is 5.32 Å². The highest BCUT2D eigenvalue weighted by Crippen LogP contribution is 2.31. The van der Waals surface area contributed by atoms with Crippen molar-refractivity contribution in [1.29, 1.82) is 0 Å². The van der Waals surface area contributed by atoms with Crippen molar-refractivity contribution in [2.24, 2.45) is 0 Å². The third kappa shape index (κ3) is 14.0. The number of likely N-dealkylation sites (N-methyl/N-ethyl adjacent to an activating group) is 1. The zero-order valence-corrected chi connectivity index (χ0v) is 28.2. The maximum Gasteiger partial charge on any atom is 0.509 e. The Kier molecular flexibility index (Phi) is 18.3. The predicted molar refractivity (Wildman–Crippen MR) is 176 cm³/mol. The standard InChI is InChI=1S/C33H40N2O17/c1-6-16-43-27(37)25-23(49-31(40)44-17-7-2)24(50-32(41)45-18-8-3)26(51-33(42)46-19-9-4)28(48-25)52-29(38)34-22-12-10-21(11-13-22)20-47-30(39)35(5)14-15-36/h6-13,23-26,28,36H,1-4,14-20H2,5H3,(H,34,38)/t23-,24-,25-,26+,28-/m0/s1. The number of carbonyl (C=O) groups excluding carboxylic acids is 6. The number of nitrogens with one attached hydrogen (secondary N) is 1. The van der Waals surface area contributed by atoms with E-state index < -0.39 is 67.3 Å². The van der Waals surface area contributed by atoms with Crippen LogP contribution in [0.4, 0.5) is 29.7 Å². The number of anilines is 1. The molecule has 19 nitrogen and oxygen atoms in total. The number of aliphatic hydroxyl groups excluding tert-OH is 1. The highest BCUT2D eigenvalue weighted by atomic mass is 16.8. The van der Waals surface area contributed by atoms with Gasteiger partial charge in [0.2, 0.25) is 12.4 Å². The van der Waals surface area contributed by atoms with Gasteiger partial charge in [-0.25, -0.2) is 28.8 Å². The molecule has 0 aliphatic carbocycles. The van der Waals surface area contributed by atoms with Crippen molar-refractivity contribution >= 4 is 42.3 Å². The Labute approximate surface area is 298 Å². The monoisotopic (exact) mass is 736 g/mol. The second-order valence-electron chi connectivity index (χ2n) is 10.1. The van der Waals surface area contributed by atoms with E-state index in [0.29, 0.717) is 5.56 Å². The molecule has 52 heavy (non-hydrogen) atoms. The van der Waals surface area contributed by atoms with E-state index in [-0.39, 0.29) is 51.9 Å². The molecule has 1 fully saturated rings. The first-order valence-corrected chi connectivity index (χ1v) is 15.3. The summed E-state index contributed by atoms with van der Waals surface area (Å²) in [4.78, 5) is 77.4. The summed E-state index contributed by atoms with van der Waals surface area (Å²) in [5.41, 5.74) is 0.693. The molecule has 1 heterocycles. The van der Waals surface area contributed by atoms with Crippen LogP contribution in [0.1, 0.15) is 5.56 Å². The zero-order valence-electron chi connectivity index (χ0n) is 28.2. The Bertz CT molecular complexity index is 1420.